The minimum atomic E-state index is -0.141. The molecule has 2 aromatic rings. The maximum atomic E-state index is 12.9. The number of carbonyl (C=O) groups is 2. The van der Waals surface area contributed by atoms with Crippen molar-refractivity contribution in [3.8, 4) is 5.75 Å². The molecule has 1 aliphatic heterocycles. The maximum Gasteiger partial charge on any atom is 0.257 e. The van der Waals surface area contributed by atoms with Gasteiger partial charge in [0.05, 0.1) is 19.2 Å². The van der Waals surface area contributed by atoms with E-state index >= 15 is 0 Å². The Labute approximate surface area is 179 Å². The third-order valence-corrected chi connectivity index (χ3v) is 5.67. The largest absolute Gasteiger partial charge is 0.496 e. The molecule has 2 amide bonds. The van der Waals surface area contributed by atoms with E-state index in [1.165, 1.54) is 7.11 Å². The second-order valence-corrected chi connectivity index (χ2v) is 7.64. The number of benzene rings is 1. The number of H-pyrrole nitrogens is 1. The Morgan fingerprint density at radius 3 is 2.76 bits per heavy atom. The highest BCUT2D eigenvalue weighted by atomic mass is 35.5. The molecular weight excluding hydrogens is 414 g/mol. The van der Waals surface area contributed by atoms with Crippen LogP contribution in [0, 0.1) is 10.7 Å². The number of nitrogens with zero attached hydrogens (tertiary/aromatic N) is 3. The van der Waals surface area contributed by atoms with Gasteiger partial charge in [-0.25, -0.2) is 0 Å². The van der Waals surface area contributed by atoms with E-state index in [0.717, 1.165) is 0 Å². The number of hydrogen-bond donors (Lipinski definition) is 2. The van der Waals surface area contributed by atoms with Crippen LogP contribution in [0.4, 0.5) is 0 Å². The molecule has 0 bridgehead atoms. The van der Waals surface area contributed by atoms with Crippen LogP contribution in [0.1, 0.15) is 35.9 Å². The summed E-state index contributed by atoms with van der Waals surface area (Å²) in [4.78, 5) is 27.1. The molecule has 2 N–H and O–H groups in total. The highest BCUT2D eigenvalue weighted by Crippen LogP contribution is 2.26. The molecule has 29 heavy (non-hydrogen) atoms. The molecule has 0 aliphatic carbocycles. The first-order valence-electron chi connectivity index (χ1n) is 9.49. The second-order valence-electron chi connectivity index (χ2n) is 6.82. The van der Waals surface area contributed by atoms with E-state index in [9.17, 15) is 9.59 Å². The lowest BCUT2D eigenvalue weighted by atomic mass is 9.95. The standard InChI is InChI=1S/C19H24ClN5O3S/c1-3-25-16(22-23-19(25)29)11-21-17(26)12-6-8-24(9-7-12)18(27)14-10-13(20)4-5-15(14)28-2/h4-5,10,12H,3,6-9,11H2,1-2H3,(H,21,26)(H,23,29). The molecule has 0 unspecified atom stereocenters. The summed E-state index contributed by atoms with van der Waals surface area (Å²) < 4.78 is 7.66. The van der Waals surface area contributed by atoms with Crippen LogP contribution in [0.2, 0.25) is 5.02 Å². The molecule has 0 radical (unpaired) electrons. The molecule has 156 valence electrons. The number of hydrogen-bond acceptors (Lipinski definition) is 5. The van der Waals surface area contributed by atoms with Crippen molar-refractivity contribution in [2.75, 3.05) is 20.2 Å². The van der Waals surface area contributed by atoms with Gasteiger partial charge in [-0.1, -0.05) is 11.6 Å². The summed E-state index contributed by atoms with van der Waals surface area (Å²) in [5.41, 5.74) is 0.435. The van der Waals surface area contributed by atoms with Gasteiger partial charge in [-0.15, -0.1) is 0 Å². The number of ether oxygens (including phenoxy) is 1. The number of halogens is 1. The Kier molecular flexibility index (Phi) is 6.92. The summed E-state index contributed by atoms with van der Waals surface area (Å²) in [5.74, 6) is 0.878. The zero-order valence-electron chi connectivity index (χ0n) is 16.4. The molecule has 1 saturated heterocycles. The van der Waals surface area contributed by atoms with Crippen LogP contribution in [0.5, 0.6) is 5.75 Å². The van der Waals surface area contributed by atoms with Crippen molar-refractivity contribution in [2.24, 2.45) is 5.92 Å². The molecule has 1 aromatic heterocycles. The van der Waals surface area contributed by atoms with Crippen LogP contribution < -0.4 is 10.1 Å². The number of nitrogens with one attached hydrogen (secondary N) is 2. The number of amides is 2. The van der Waals surface area contributed by atoms with Crippen LogP contribution in [0.25, 0.3) is 0 Å². The zero-order chi connectivity index (χ0) is 21.0. The SMILES string of the molecule is CCn1c(CNC(=O)C2CCN(C(=O)c3cc(Cl)ccc3OC)CC2)n[nH]c1=S. The fraction of sp³-hybridized carbons (Fsp3) is 0.474. The fourth-order valence-electron chi connectivity index (χ4n) is 3.48. The second kappa shape index (κ2) is 9.41. The van der Waals surface area contributed by atoms with Crippen molar-refractivity contribution in [1.29, 1.82) is 0 Å². The maximum absolute atomic E-state index is 12.9. The van der Waals surface area contributed by atoms with Gasteiger partial charge < -0.3 is 19.5 Å². The van der Waals surface area contributed by atoms with Crippen molar-refractivity contribution >= 4 is 35.6 Å². The molecule has 10 heteroatoms. The molecule has 1 aromatic carbocycles. The average Bonchev–Trinajstić information content (AvgIpc) is 3.10. The topological polar surface area (TPSA) is 92.2 Å². The van der Waals surface area contributed by atoms with E-state index in [4.69, 9.17) is 28.6 Å². The minimum Gasteiger partial charge on any atom is -0.496 e. The Morgan fingerprint density at radius 2 is 2.10 bits per heavy atom. The number of likely N-dealkylation sites (tertiary alicyclic amines) is 1. The fourth-order valence-corrected chi connectivity index (χ4v) is 3.94. The molecule has 0 spiro atoms. The first kappa shape index (κ1) is 21.3. The average molecular weight is 438 g/mol. The van der Waals surface area contributed by atoms with E-state index < -0.39 is 0 Å². The number of aromatic amines is 1. The monoisotopic (exact) mass is 437 g/mol. The summed E-state index contributed by atoms with van der Waals surface area (Å²) in [5, 5.41) is 10.3. The van der Waals surface area contributed by atoms with Crippen LogP contribution >= 0.6 is 23.8 Å². The quantitative estimate of drug-likeness (QED) is 0.678. The predicted molar refractivity (Wildman–Crippen MR) is 112 cm³/mol. The van der Waals surface area contributed by atoms with Gasteiger partial charge in [0.25, 0.3) is 5.91 Å². The summed E-state index contributed by atoms with van der Waals surface area (Å²) >= 11 is 11.2. The van der Waals surface area contributed by atoms with Crippen LogP contribution in [-0.4, -0.2) is 51.7 Å². The molecular formula is C19H24ClN5O3S. The molecule has 0 atom stereocenters. The van der Waals surface area contributed by atoms with Crippen LogP contribution in [0.15, 0.2) is 18.2 Å². The lowest BCUT2D eigenvalue weighted by Gasteiger charge is -2.31. The van der Waals surface area contributed by atoms with E-state index in [0.29, 0.717) is 66.0 Å². The molecule has 8 nitrogen and oxygen atoms in total. The van der Waals surface area contributed by atoms with Crippen molar-refractivity contribution in [1.82, 2.24) is 25.0 Å². The van der Waals surface area contributed by atoms with Crippen LogP contribution in [0.3, 0.4) is 0 Å². The number of rotatable bonds is 6. The summed E-state index contributed by atoms with van der Waals surface area (Å²) in [6, 6.07) is 4.98. The first-order valence-corrected chi connectivity index (χ1v) is 10.3. The van der Waals surface area contributed by atoms with Gasteiger partial charge in [0, 0.05) is 30.6 Å². The molecule has 1 aliphatic rings. The number of piperidine rings is 1. The van der Waals surface area contributed by atoms with Crippen LogP contribution in [-0.2, 0) is 17.9 Å². The third kappa shape index (κ3) is 4.79. The van der Waals surface area contributed by atoms with Gasteiger partial charge in [-0.2, -0.15) is 5.10 Å². The lowest BCUT2D eigenvalue weighted by Crippen LogP contribution is -2.43. The van der Waals surface area contributed by atoms with Gasteiger partial charge in [-0.05, 0) is 50.2 Å². The lowest BCUT2D eigenvalue weighted by molar-refractivity contribution is -0.126. The Balaban J connectivity index is 1.56. The van der Waals surface area contributed by atoms with Gasteiger partial charge in [0.2, 0.25) is 5.91 Å². The summed E-state index contributed by atoms with van der Waals surface area (Å²) in [7, 11) is 1.52. The van der Waals surface area contributed by atoms with Crippen molar-refractivity contribution < 1.29 is 14.3 Å². The molecule has 2 heterocycles. The Morgan fingerprint density at radius 1 is 1.38 bits per heavy atom. The van der Waals surface area contributed by atoms with E-state index in [1.807, 2.05) is 11.5 Å². The van der Waals surface area contributed by atoms with Gasteiger partial charge >= 0.3 is 0 Å². The first-order chi connectivity index (χ1) is 13.9. The van der Waals surface area contributed by atoms with Gasteiger partial charge in [0.1, 0.15) is 5.75 Å². The zero-order valence-corrected chi connectivity index (χ0v) is 18.0. The highest BCUT2D eigenvalue weighted by molar-refractivity contribution is 7.71. The summed E-state index contributed by atoms with van der Waals surface area (Å²) in [6.07, 6.45) is 1.20. The number of aromatic nitrogens is 3. The number of methoxy groups -OCH3 is 1. The summed E-state index contributed by atoms with van der Waals surface area (Å²) in [6.45, 7) is 3.98. The van der Waals surface area contributed by atoms with E-state index in [-0.39, 0.29) is 17.7 Å². The number of carbonyl (C=O) groups excluding carboxylic acids is 2. The highest BCUT2D eigenvalue weighted by Gasteiger charge is 2.29. The molecule has 0 saturated carbocycles. The van der Waals surface area contributed by atoms with Gasteiger partial charge in [0.15, 0.2) is 10.6 Å². The van der Waals surface area contributed by atoms with Crippen molar-refractivity contribution in [3.05, 3.63) is 39.4 Å². The normalized spacial score (nSPS) is 14.7. The van der Waals surface area contributed by atoms with Crippen molar-refractivity contribution in [2.45, 2.75) is 32.9 Å². The smallest absolute Gasteiger partial charge is 0.257 e. The van der Waals surface area contributed by atoms with E-state index in [1.54, 1.807) is 23.1 Å². The molecule has 1 fully saturated rings. The van der Waals surface area contributed by atoms with Crippen molar-refractivity contribution in [3.63, 3.8) is 0 Å². The molecule has 3 rings (SSSR count). The van der Waals surface area contributed by atoms with Gasteiger partial charge in [-0.3, -0.25) is 14.7 Å². The predicted octanol–water partition coefficient (Wildman–Crippen LogP) is 2.79. The Bertz CT molecular complexity index is 950. The third-order valence-electron chi connectivity index (χ3n) is 5.12. The Hall–Kier alpha value is -2.39. The minimum absolute atomic E-state index is 0.0333. The van der Waals surface area contributed by atoms with E-state index in [2.05, 4.69) is 15.5 Å².